The van der Waals surface area contributed by atoms with E-state index in [0.717, 1.165) is 5.69 Å². The van der Waals surface area contributed by atoms with Gasteiger partial charge < -0.3 is 15.3 Å². The van der Waals surface area contributed by atoms with Crippen LogP contribution in [0.15, 0.2) is 30.3 Å². The zero-order chi connectivity index (χ0) is 11.5. The first kappa shape index (κ1) is 11.3. The van der Waals surface area contributed by atoms with Gasteiger partial charge in [0.1, 0.15) is 18.3 Å². The molecule has 3 unspecified atom stereocenters. The summed E-state index contributed by atoms with van der Waals surface area (Å²) in [6.07, 6.45) is -2.76. The van der Waals surface area contributed by atoms with Gasteiger partial charge in [-0.15, -0.1) is 0 Å². The molecule has 0 aliphatic carbocycles. The number of β-amino-alcohol motifs (C(OH)–C–C–N with tert-alkyl or cyclic N) is 1. The number of hydrogen-bond donors (Lipinski definition) is 3. The predicted octanol–water partition coefficient (Wildman–Crippen LogP) is -0.479. The molecule has 3 N–H and O–H groups in total. The summed E-state index contributed by atoms with van der Waals surface area (Å²) >= 11 is 0. The highest BCUT2D eigenvalue weighted by Crippen LogP contribution is 2.22. The van der Waals surface area contributed by atoms with E-state index in [9.17, 15) is 10.2 Å². The van der Waals surface area contributed by atoms with Crippen LogP contribution in [0.25, 0.3) is 0 Å². The highest BCUT2D eigenvalue weighted by Gasteiger charge is 2.35. The minimum atomic E-state index is -1.05. The van der Waals surface area contributed by atoms with Crippen molar-refractivity contribution in [1.82, 2.24) is 0 Å². The third kappa shape index (κ3) is 2.17. The lowest BCUT2D eigenvalue weighted by atomic mass is 10.1. The minimum Gasteiger partial charge on any atom is -0.393 e. The van der Waals surface area contributed by atoms with Gasteiger partial charge >= 0.3 is 0 Å². The topological polar surface area (TPSA) is 73.2 Å². The maximum atomic E-state index is 9.63. The fraction of sp³-hybridized carbons (Fsp3) is 0.455. The molecule has 5 nitrogen and oxygen atoms in total. The average Bonchev–Trinajstić information content (AvgIpc) is 2.33. The molecule has 16 heavy (non-hydrogen) atoms. The van der Waals surface area contributed by atoms with Crippen LogP contribution in [0.5, 0.6) is 0 Å². The minimum absolute atomic E-state index is 0.182. The second kappa shape index (κ2) is 4.80. The van der Waals surface area contributed by atoms with Crippen molar-refractivity contribution >= 4 is 5.69 Å². The van der Waals surface area contributed by atoms with Gasteiger partial charge in [-0.1, -0.05) is 18.2 Å². The number of hydroxylamine groups is 1. The van der Waals surface area contributed by atoms with Crippen molar-refractivity contribution < 1.29 is 20.2 Å². The lowest BCUT2D eigenvalue weighted by molar-refractivity contribution is -0.149. The van der Waals surface area contributed by atoms with Gasteiger partial charge in [-0.2, -0.15) is 0 Å². The molecule has 5 heteroatoms. The summed E-state index contributed by atoms with van der Waals surface area (Å²) in [6, 6.07) is 9.24. The van der Waals surface area contributed by atoms with Gasteiger partial charge in [0.05, 0.1) is 18.8 Å². The summed E-state index contributed by atoms with van der Waals surface area (Å²) in [4.78, 5) is 5.38. The Hall–Kier alpha value is -1.14. The van der Waals surface area contributed by atoms with Gasteiger partial charge in [0.15, 0.2) is 0 Å². The zero-order valence-electron chi connectivity index (χ0n) is 8.73. The van der Waals surface area contributed by atoms with Gasteiger partial charge in [-0.3, -0.25) is 9.90 Å². The van der Waals surface area contributed by atoms with E-state index in [4.69, 9.17) is 9.94 Å². The molecule has 0 amide bonds. The van der Waals surface area contributed by atoms with Crippen LogP contribution < -0.4 is 5.06 Å². The average molecular weight is 225 g/mol. The van der Waals surface area contributed by atoms with E-state index in [1.165, 1.54) is 5.06 Å². The smallest absolute Gasteiger partial charge is 0.137 e. The first-order valence-electron chi connectivity index (χ1n) is 5.18. The van der Waals surface area contributed by atoms with Crippen molar-refractivity contribution in [2.75, 3.05) is 18.2 Å². The van der Waals surface area contributed by atoms with Crippen LogP contribution in [-0.4, -0.2) is 46.8 Å². The maximum absolute atomic E-state index is 9.63. The summed E-state index contributed by atoms with van der Waals surface area (Å²) in [5.41, 5.74) is 0.784. The first-order chi connectivity index (χ1) is 7.72. The summed E-state index contributed by atoms with van der Waals surface area (Å²) in [5.74, 6) is 0. The molecule has 1 saturated heterocycles. The van der Waals surface area contributed by atoms with Crippen LogP contribution in [-0.2, 0) is 4.84 Å². The Bertz CT molecular complexity index is 332. The lowest BCUT2D eigenvalue weighted by Gasteiger charge is -2.38. The Kier molecular flexibility index (Phi) is 3.40. The van der Waals surface area contributed by atoms with Crippen molar-refractivity contribution in [2.45, 2.75) is 18.3 Å². The molecule has 0 bridgehead atoms. The van der Waals surface area contributed by atoms with Gasteiger partial charge in [0, 0.05) is 0 Å². The number of anilines is 1. The second-order valence-corrected chi connectivity index (χ2v) is 3.78. The van der Waals surface area contributed by atoms with E-state index >= 15 is 0 Å². The molecular formula is C11H15NO4. The Morgan fingerprint density at radius 1 is 1.25 bits per heavy atom. The van der Waals surface area contributed by atoms with Crippen molar-refractivity contribution in [3.63, 3.8) is 0 Å². The standard InChI is InChI=1S/C11H15NO4/c13-7-10-11(15)9(14)6-12(16-10)8-4-2-1-3-5-8/h1-5,9-11,13-15H,6-7H2. The molecule has 3 atom stereocenters. The molecule has 0 saturated carbocycles. The molecular weight excluding hydrogens is 210 g/mol. The van der Waals surface area contributed by atoms with E-state index in [2.05, 4.69) is 0 Å². The molecule has 0 radical (unpaired) electrons. The Morgan fingerprint density at radius 2 is 1.94 bits per heavy atom. The Labute approximate surface area is 93.5 Å². The fourth-order valence-electron chi connectivity index (χ4n) is 1.70. The van der Waals surface area contributed by atoms with E-state index in [-0.39, 0.29) is 13.2 Å². The van der Waals surface area contributed by atoms with Crippen LogP contribution in [0, 0.1) is 0 Å². The highest BCUT2D eigenvalue weighted by atomic mass is 16.7. The van der Waals surface area contributed by atoms with E-state index < -0.39 is 18.3 Å². The number of rotatable bonds is 2. The van der Waals surface area contributed by atoms with Gasteiger partial charge in [-0.05, 0) is 12.1 Å². The van der Waals surface area contributed by atoms with Gasteiger partial charge in [0.2, 0.25) is 0 Å². The maximum Gasteiger partial charge on any atom is 0.137 e. The van der Waals surface area contributed by atoms with E-state index in [1.807, 2.05) is 30.3 Å². The van der Waals surface area contributed by atoms with Crippen molar-refractivity contribution in [3.8, 4) is 0 Å². The molecule has 1 aromatic carbocycles. The molecule has 1 aliphatic rings. The van der Waals surface area contributed by atoms with Crippen LogP contribution in [0.1, 0.15) is 0 Å². The third-order valence-corrected chi connectivity index (χ3v) is 2.61. The van der Waals surface area contributed by atoms with Crippen LogP contribution in [0.4, 0.5) is 5.69 Å². The molecule has 1 aliphatic heterocycles. The van der Waals surface area contributed by atoms with Crippen molar-refractivity contribution in [2.24, 2.45) is 0 Å². The molecule has 1 aromatic rings. The van der Waals surface area contributed by atoms with Crippen molar-refractivity contribution in [1.29, 1.82) is 0 Å². The molecule has 1 heterocycles. The summed E-state index contributed by atoms with van der Waals surface area (Å²) in [7, 11) is 0. The molecule has 1 fully saturated rings. The normalized spacial score (nSPS) is 30.4. The summed E-state index contributed by atoms with van der Waals surface area (Å²) in [6.45, 7) is -0.150. The fourth-order valence-corrected chi connectivity index (χ4v) is 1.70. The third-order valence-electron chi connectivity index (χ3n) is 2.61. The Morgan fingerprint density at radius 3 is 2.56 bits per heavy atom. The molecule has 0 aromatic heterocycles. The number of benzene rings is 1. The van der Waals surface area contributed by atoms with Gasteiger partial charge in [0.25, 0.3) is 0 Å². The van der Waals surface area contributed by atoms with Gasteiger partial charge in [-0.25, -0.2) is 0 Å². The van der Waals surface area contributed by atoms with Crippen LogP contribution in [0.3, 0.4) is 0 Å². The molecule has 2 rings (SSSR count). The number of hydrogen-bond acceptors (Lipinski definition) is 5. The van der Waals surface area contributed by atoms with Crippen molar-refractivity contribution in [3.05, 3.63) is 30.3 Å². The first-order valence-corrected chi connectivity index (χ1v) is 5.18. The molecule has 0 spiro atoms. The lowest BCUT2D eigenvalue weighted by Crippen LogP contribution is -2.55. The van der Waals surface area contributed by atoms with Crippen LogP contribution >= 0.6 is 0 Å². The molecule has 88 valence electrons. The number of para-hydroxylation sites is 1. The summed E-state index contributed by atoms with van der Waals surface area (Å²) in [5, 5.41) is 29.7. The number of aliphatic hydroxyl groups is 3. The van der Waals surface area contributed by atoms with E-state index in [0.29, 0.717) is 0 Å². The zero-order valence-corrected chi connectivity index (χ0v) is 8.73. The number of nitrogens with zero attached hydrogens (tertiary/aromatic N) is 1. The van der Waals surface area contributed by atoms with E-state index in [1.54, 1.807) is 0 Å². The SMILES string of the molecule is OCC1ON(c2ccccc2)CC(O)C1O. The highest BCUT2D eigenvalue weighted by molar-refractivity contribution is 5.43. The monoisotopic (exact) mass is 225 g/mol. The van der Waals surface area contributed by atoms with Crippen LogP contribution in [0.2, 0.25) is 0 Å². The largest absolute Gasteiger partial charge is 0.393 e. The Balaban J connectivity index is 2.13. The number of aliphatic hydroxyl groups excluding tert-OH is 3. The quantitative estimate of drug-likeness (QED) is 0.634. The predicted molar refractivity (Wildman–Crippen MR) is 57.8 cm³/mol. The second-order valence-electron chi connectivity index (χ2n) is 3.78. The summed E-state index contributed by atoms with van der Waals surface area (Å²) < 4.78 is 0.